The van der Waals surface area contributed by atoms with Crippen LogP contribution in [0.2, 0.25) is 0 Å². The van der Waals surface area contributed by atoms with Crippen molar-refractivity contribution in [2.45, 2.75) is 19.8 Å². The van der Waals surface area contributed by atoms with E-state index < -0.39 is 0 Å². The highest BCUT2D eigenvalue weighted by Crippen LogP contribution is 2.21. The largest absolute Gasteiger partial charge is 0.466 e. The number of hydrogen-bond donors (Lipinski definition) is 2. The molecule has 0 heterocycles. The monoisotopic (exact) mass is 344 g/mol. The maximum atomic E-state index is 11.2. The van der Waals surface area contributed by atoms with E-state index >= 15 is 0 Å². The van der Waals surface area contributed by atoms with Crippen LogP contribution in [0.1, 0.15) is 25.3 Å². The molecule has 0 atom stereocenters. The summed E-state index contributed by atoms with van der Waals surface area (Å²) in [6, 6.07) is 5.66. The summed E-state index contributed by atoms with van der Waals surface area (Å²) < 4.78 is 5.81. The van der Waals surface area contributed by atoms with E-state index in [4.69, 9.17) is 22.7 Å². The molecule has 3 N–H and O–H groups in total. The van der Waals surface area contributed by atoms with Gasteiger partial charge in [0.2, 0.25) is 0 Å². The third kappa shape index (κ3) is 5.57. The minimum Gasteiger partial charge on any atom is -0.466 e. The van der Waals surface area contributed by atoms with Crippen LogP contribution in [0, 0.1) is 0 Å². The molecule has 19 heavy (non-hydrogen) atoms. The summed E-state index contributed by atoms with van der Waals surface area (Å²) in [5.74, 6) is -0.173. The Morgan fingerprint density at radius 3 is 2.89 bits per heavy atom. The van der Waals surface area contributed by atoms with Crippen molar-refractivity contribution in [1.29, 1.82) is 0 Å². The van der Waals surface area contributed by atoms with Gasteiger partial charge in [-0.15, -0.1) is 0 Å². The van der Waals surface area contributed by atoms with E-state index in [9.17, 15) is 4.79 Å². The molecule has 0 saturated heterocycles. The molecule has 104 valence electrons. The van der Waals surface area contributed by atoms with Crippen LogP contribution in [0.5, 0.6) is 0 Å². The maximum absolute atomic E-state index is 11.2. The molecule has 1 aromatic carbocycles. The van der Waals surface area contributed by atoms with E-state index in [0.29, 0.717) is 31.0 Å². The van der Waals surface area contributed by atoms with Crippen LogP contribution < -0.4 is 11.1 Å². The highest BCUT2D eigenvalue weighted by atomic mass is 79.9. The van der Waals surface area contributed by atoms with Gasteiger partial charge in [-0.05, 0) is 31.5 Å². The van der Waals surface area contributed by atoms with Crippen molar-refractivity contribution in [3.63, 3.8) is 0 Å². The van der Waals surface area contributed by atoms with Crippen LogP contribution in [-0.4, -0.2) is 24.1 Å². The molecule has 0 saturated carbocycles. The van der Waals surface area contributed by atoms with Gasteiger partial charge >= 0.3 is 5.97 Å². The topological polar surface area (TPSA) is 64.3 Å². The van der Waals surface area contributed by atoms with Crippen LogP contribution in [0.25, 0.3) is 0 Å². The molecule has 6 heteroatoms. The number of nitrogens with one attached hydrogen (secondary N) is 1. The lowest BCUT2D eigenvalue weighted by Gasteiger charge is -2.11. The van der Waals surface area contributed by atoms with Crippen molar-refractivity contribution >= 4 is 44.8 Å². The first-order valence-electron chi connectivity index (χ1n) is 6.03. The number of carbonyl (C=O) groups excluding carboxylic acids is 1. The fraction of sp³-hybridized carbons (Fsp3) is 0.385. The Labute approximate surface area is 126 Å². The second kappa shape index (κ2) is 8.12. The van der Waals surface area contributed by atoms with Gasteiger partial charge < -0.3 is 15.8 Å². The summed E-state index contributed by atoms with van der Waals surface area (Å²) in [7, 11) is 0. The van der Waals surface area contributed by atoms with Crippen molar-refractivity contribution < 1.29 is 9.53 Å². The third-order valence-corrected chi connectivity index (χ3v) is 3.14. The summed E-state index contributed by atoms with van der Waals surface area (Å²) in [6.45, 7) is 2.88. The number of anilines is 1. The van der Waals surface area contributed by atoms with Crippen LogP contribution in [0.4, 0.5) is 5.69 Å². The zero-order valence-corrected chi connectivity index (χ0v) is 13.1. The van der Waals surface area contributed by atoms with Crippen molar-refractivity contribution in [2.24, 2.45) is 5.73 Å². The highest BCUT2D eigenvalue weighted by Gasteiger charge is 2.06. The molecule has 0 bridgehead atoms. The van der Waals surface area contributed by atoms with Crippen molar-refractivity contribution in [2.75, 3.05) is 18.5 Å². The Balaban J connectivity index is 2.51. The molecular formula is C13H17BrN2O2S. The number of ether oxygens (including phenoxy) is 1. The molecule has 0 aliphatic heterocycles. The second-order valence-corrected chi connectivity index (χ2v) is 5.25. The van der Waals surface area contributed by atoms with Gasteiger partial charge in [-0.3, -0.25) is 4.79 Å². The predicted molar refractivity (Wildman–Crippen MR) is 84.4 cm³/mol. The Hall–Kier alpha value is -1.14. The molecule has 1 aromatic rings. The molecular weight excluding hydrogens is 328 g/mol. The first-order chi connectivity index (χ1) is 9.04. The van der Waals surface area contributed by atoms with Gasteiger partial charge in [0, 0.05) is 28.7 Å². The lowest BCUT2D eigenvalue weighted by atomic mass is 10.1. The standard InChI is InChI=1S/C13H17BrN2O2S/c1-2-18-12(17)4-3-7-16-11-8-9(14)5-6-10(11)13(15)19/h5-6,8,16H,2-4,7H2,1H3,(H2,15,19). The van der Waals surface area contributed by atoms with Crippen LogP contribution >= 0.6 is 28.1 Å². The van der Waals surface area contributed by atoms with E-state index in [-0.39, 0.29) is 5.97 Å². The lowest BCUT2D eigenvalue weighted by Crippen LogP contribution is -2.14. The second-order valence-electron chi connectivity index (χ2n) is 3.89. The van der Waals surface area contributed by atoms with Crippen LogP contribution in [0.15, 0.2) is 22.7 Å². The van der Waals surface area contributed by atoms with E-state index in [1.54, 1.807) is 6.92 Å². The number of benzene rings is 1. The average molecular weight is 345 g/mol. The van der Waals surface area contributed by atoms with E-state index in [1.165, 1.54) is 0 Å². The van der Waals surface area contributed by atoms with Crippen LogP contribution in [-0.2, 0) is 9.53 Å². The van der Waals surface area contributed by atoms with Gasteiger partial charge in [0.05, 0.1) is 6.61 Å². The number of carbonyl (C=O) groups is 1. The van der Waals surface area contributed by atoms with Crippen molar-refractivity contribution in [3.05, 3.63) is 28.2 Å². The van der Waals surface area contributed by atoms with E-state index in [0.717, 1.165) is 15.7 Å². The maximum Gasteiger partial charge on any atom is 0.305 e. The molecule has 0 spiro atoms. The smallest absolute Gasteiger partial charge is 0.305 e. The third-order valence-electron chi connectivity index (χ3n) is 2.43. The first-order valence-corrected chi connectivity index (χ1v) is 7.23. The molecule has 4 nitrogen and oxygen atoms in total. The SMILES string of the molecule is CCOC(=O)CCCNc1cc(Br)ccc1C(N)=S. The quantitative estimate of drug-likeness (QED) is 0.452. The zero-order valence-electron chi connectivity index (χ0n) is 10.7. The first kappa shape index (κ1) is 15.9. The molecule has 0 unspecified atom stereocenters. The number of rotatable bonds is 7. The Bertz CT molecular complexity index is 466. The summed E-state index contributed by atoms with van der Waals surface area (Å²) in [6.07, 6.45) is 1.10. The van der Waals surface area contributed by atoms with Gasteiger partial charge in [0.15, 0.2) is 0 Å². The summed E-state index contributed by atoms with van der Waals surface area (Å²) in [4.78, 5) is 11.5. The fourth-order valence-corrected chi connectivity index (χ4v) is 2.11. The minimum absolute atomic E-state index is 0.173. The number of hydrogen-bond acceptors (Lipinski definition) is 4. The molecule has 0 aliphatic carbocycles. The highest BCUT2D eigenvalue weighted by molar-refractivity contribution is 9.10. The van der Waals surface area contributed by atoms with Gasteiger partial charge in [-0.2, -0.15) is 0 Å². The van der Waals surface area contributed by atoms with Gasteiger partial charge in [-0.25, -0.2) is 0 Å². The molecule has 1 rings (SSSR count). The summed E-state index contributed by atoms with van der Waals surface area (Å²) >= 11 is 8.40. The normalized spacial score (nSPS) is 10.0. The van der Waals surface area contributed by atoms with Crippen molar-refractivity contribution in [3.8, 4) is 0 Å². The van der Waals surface area contributed by atoms with E-state index in [1.807, 2.05) is 18.2 Å². The zero-order chi connectivity index (χ0) is 14.3. The lowest BCUT2D eigenvalue weighted by molar-refractivity contribution is -0.143. The fourth-order valence-electron chi connectivity index (χ4n) is 1.57. The summed E-state index contributed by atoms with van der Waals surface area (Å²) in [5, 5.41) is 3.23. The molecule has 0 radical (unpaired) electrons. The molecule has 0 aliphatic rings. The number of esters is 1. The van der Waals surface area contributed by atoms with Gasteiger partial charge in [0.25, 0.3) is 0 Å². The van der Waals surface area contributed by atoms with Gasteiger partial charge in [0.1, 0.15) is 4.99 Å². The molecule has 0 aromatic heterocycles. The Morgan fingerprint density at radius 1 is 1.53 bits per heavy atom. The van der Waals surface area contributed by atoms with Gasteiger partial charge in [-0.1, -0.05) is 28.1 Å². The Morgan fingerprint density at radius 2 is 2.26 bits per heavy atom. The number of nitrogens with two attached hydrogens (primary N) is 1. The predicted octanol–water partition coefficient (Wildman–Crippen LogP) is 2.84. The molecule has 0 fully saturated rings. The minimum atomic E-state index is -0.173. The summed E-state index contributed by atoms with van der Waals surface area (Å²) in [5.41, 5.74) is 7.33. The number of thiocarbonyl (C=S) groups is 1. The van der Waals surface area contributed by atoms with Crippen molar-refractivity contribution in [1.82, 2.24) is 0 Å². The number of halogens is 1. The Kier molecular flexibility index (Phi) is 6.80. The van der Waals surface area contributed by atoms with E-state index in [2.05, 4.69) is 21.2 Å². The molecule has 0 amide bonds. The van der Waals surface area contributed by atoms with Crippen LogP contribution in [0.3, 0.4) is 0 Å². The average Bonchev–Trinajstić information content (AvgIpc) is 2.34.